The molecule has 3 aromatic rings. The predicted octanol–water partition coefficient (Wildman–Crippen LogP) is 3.90. The molecule has 0 saturated heterocycles. The van der Waals surface area contributed by atoms with Gasteiger partial charge in [0.05, 0.1) is 11.0 Å². The van der Waals surface area contributed by atoms with E-state index in [0.29, 0.717) is 5.02 Å². The molecular weight excluding hydrogens is 275 g/mol. The van der Waals surface area contributed by atoms with Gasteiger partial charge in [0.1, 0.15) is 5.65 Å². The number of pyridine rings is 1. The van der Waals surface area contributed by atoms with Crippen molar-refractivity contribution in [2.75, 3.05) is 0 Å². The van der Waals surface area contributed by atoms with Crippen molar-refractivity contribution >= 4 is 44.2 Å². The second-order valence-electron chi connectivity index (χ2n) is 3.32. The van der Waals surface area contributed by atoms with E-state index in [0.717, 1.165) is 21.2 Å². The molecule has 0 spiro atoms. The molecule has 0 unspecified atom stereocenters. The Kier molecular flexibility index (Phi) is 1.97. The number of rotatable bonds is 0. The summed E-state index contributed by atoms with van der Waals surface area (Å²) < 4.78 is 3.06. The maximum absolute atomic E-state index is 5.92. The van der Waals surface area contributed by atoms with Crippen LogP contribution in [-0.4, -0.2) is 9.38 Å². The first-order valence-electron chi connectivity index (χ1n) is 4.47. The molecule has 0 amide bonds. The zero-order valence-corrected chi connectivity index (χ0v) is 9.96. The third-order valence-corrected chi connectivity index (χ3v) is 3.06. The van der Waals surface area contributed by atoms with Crippen molar-refractivity contribution in [3.8, 4) is 0 Å². The summed E-state index contributed by atoms with van der Waals surface area (Å²) in [7, 11) is 0. The summed E-state index contributed by atoms with van der Waals surface area (Å²) in [6.45, 7) is 0. The van der Waals surface area contributed by atoms with E-state index < -0.39 is 0 Å². The highest BCUT2D eigenvalue weighted by Gasteiger charge is 2.04. The summed E-state index contributed by atoms with van der Waals surface area (Å²) in [5, 5.41) is 0.713. The zero-order chi connectivity index (χ0) is 10.4. The maximum atomic E-state index is 5.92. The minimum absolute atomic E-state index is 0.713. The predicted molar refractivity (Wildman–Crippen MR) is 65.4 cm³/mol. The van der Waals surface area contributed by atoms with E-state index in [-0.39, 0.29) is 0 Å². The van der Waals surface area contributed by atoms with E-state index in [4.69, 9.17) is 11.6 Å². The summed E-state index contributed by atoms with van der Waals surface area (Å²) in [4.78, 5) is 4.49. The van der Waals surface area contributed by atoms with Crippen LogP contribution in [0, 0.1) is 0 Å². The molecule has 0 radical (unpaired) electrons. The number of hydrogen-bond donors (Lipinski definition) is 0. The monoisotopic (exact) mass is 280 g/mol. The Labute approximate surface area is 99.6 Å². The molecule has 0 aliphatic carbocycles. The Balaban J connectivity index is 2.51. The third kappa shape index (κ3) is 1.43. The van der Waals surface area contributed by atoms with Crippen molar-refractivity contribution < 1.29 is 0 Å². The van der Waals surface area contributed by atoms with Crippen LogP contribution in [0.5, 0.6) is 0 Å². The molecule has 0 aliphatic rings. The molecule has 0 fully saturated rings. The van der Waals surface area contributed by atoms with Crippen LogP contribution in [0.4, 0.5) is 0 Å². The Morgan fingerprint density at radius 1 is 1.20 bits per heavy atom. The first-order valence-corrected chi connectivity index (χ1v) is 5.64. The van der Waals surface area contributed by atoms with Gasteiger partial charge in [0.25, 0.3) is 0 Å². The smallest absolute Gasteiger partial charge is 0.139 e. The van der Waals surface area contributed by atoms with Gasteiger partial charge in [0.15, 0.2) is 0 Å². The van der Waals surface area contributed by atoms with E-state index in [9.17, 15) is 0 Å². The quantitative estimate of drug-likeness (QED) is 0.611. The van der Waals surface area contributed by atoms with Crippen molar-refractivity contribution in [1.29, 1.82) is 0 Å². The van der Waals surface area contributed by atoms with E-state index in [1.165, 1.54) is 0 Å². The van der Waals surface area contributed by atoms with Gasteiger partial charge in [-0.25, -0.2) is 4.98 Å². The number of hydrogen-bond acceptors (Lipinski definition) is 1. The summed E-state index contributed by atoms with van der Waals surface area (Å²) >= 11 is 9.34. The van der Waals surface area contributed by atoms with Crippen molar-refractivity contribution in [2.45, 2.75) is 0 Å². The number of nitrogens with zero attached hydrogens (tertiary/aromatic N) is 2. The topological polar surface area (TPSA) is 17.3 Å². The van der Waals surface area contributed by atoms with Gasteiger partial charge in [-0.1, -0.05) is 27.5 Å². The van der Waals surface area contributed by atoms with E-state index in [1.54, 1.807) is 0 Å². The van der Waals surface area contributed by atoms with Crippen LogP contribution in [0.1, 0.15) is 0 Å². The lowest BCUT2D eigenvalue weighted by atomic mass is 10.3. The molecule has 15 heavy (non-hydrogen) atoms. The summed E-state index contributed by atoms with van der Waals surface area (Å²) in [6, 6.07) is 9.69. The SMILES string of the molecule is Clc1ccc2c(c1)nc1cc(Br)ccn12. The molecule has 2 nitrogen and oxygen atoms in total. The van der Waals surface area contributed by atoms with Gasteiger partial charge < -0.3 is 0 Å². The van der Waals surface area contributed by atoms with Gasteiger partial charge in [-0.3, -0.25) is 4.40 Å². The fourth-order valence-electron chi connectivity index (χ4n) is 1.67. The summed E-state index contributed by atoms with van der Waals surface area (Å²) in [5.41, 5.74) is 2.91. The second kappa shape index (κ2) is 3.22. The van der Waals surface area contributed by atoms with Crippen LogP contribution in [0.2, 0.25) is 5.02 Å². The average molecular weight is 282 g/mol. The second-order valence-corrected chi connectivity index (χ2v) is 4.67. The normalized spacial score (nSPS) is 11.3. The standard InChI is InChI=1S/C11H6BrClN2/c12-7-3-4-15-10-2-1-8(13)6-9(10)14-11(15)5-7/h1-6H. The molecule has 4 heteroatoms. The van der Waals surface area contributed by atoms with Gasteiger partial charge in [-0.15, -0.1) is 0 Å². The Bertz CT molecular complexity index is 604. The van der Waals surface area contributed by atoms with Gasteiger partial charge in [0, 0.05) is 15.7 Å². The minimum atomic E-state index is 0.713. The van der Waals surface area contributed by atoms with Gasteiger partial charge in [-0.2, -0.15) is 0 Å². The van der Waals surface area contributed by atoms with Crippen LogP contribution in [0.15, 0.2) is 41.0 Å². The van der Waals surface area contributed by atoms with Crippen molar-refractivity contribution in [3.05, 3.63) is 46.0 Å². The lowest BCUT2D eigenvalue weighted by molar-refractivity contribution is 1.22. The molecule has 74 valence electrons. The number of aromatic nitrogens is 2. The number of halogens is 2. The van der Waals surface area contributed by atoms with Gasteiger partial charge in [-0.05, 0) is 30.3 Å². The van der Waals surface area contributed by atoms with Crippen molar-refractivity contribution in [3.63, 3.8) is 0 Å². The van der Waals surface area contributed by atoms with Crippen LogP contribution < -0.4 is 0 Å². The summed E-state index contributed by atoms with van der Waals surface area (Å²) in [6.07, 6.45) is 1.99. The molecule has 0 atom stereocenters. The van der Waals surface area contributed by atoms with Crippen molar-refractivity contribution in [2.24, 2.45) is 0 Å². The summed E-state index contributed by atoms with van der Waals surface area (Å²) in [5.74, 6) is 0. The number of benzene rings is 1. The minimum Gasteiger partial charge on any atom is -0.300 e. The van der Waals surface area contributed by atoms with Gasteiger partial charge >= 0.3 is 0 Å². The largest absolute Gasteiger partial charge is 0.300 e. The van der Waals surface area contributed by atoms with Gasteiger partial charge in [0.2, 0.25) is 0 Å². The van der Waals surface area contributed by atoms with E-state index >= 15 is 0 Å². The zero-order valence-electron chi connectivity index (χ0n) is 7.61. The fourth-order valence-corrected chi connectivity index (χ4v) is 2.16. The Hall–Kier alpha value is -1.06. The molecule has 0 bridgehead atoms. The highest BCUT2D eigenvalue weighted by atomic mass is 79.9. The third-order valence-electron chi connectivity index (χ3n) is 2.33. The maximum Gasteiger partial charge on any atom is 0.139 e. The molecule has 0 saturated carbocycles. The van der Waals surface area contributed by atoms with Crippen LogP contribution in [-0.2, 0) is 0 Å². The molecular formula is C11H6BrClN2. The van der Waals surface area contributed by atoms with E-state index in [2.05, 4.69) is 20.9 Å². The highest BCUT2D eigenvalue weighted by Crippen LogP contribution is 2.22. The molecule has 0 N–H and O–H groups in total. The first-order chi connectivity index (χ1) is 7.24. The lowest BCUT2D eigenvalue weighted by Crippen LogP contribution is -1.82. The van der Waals surface area contributed by atoms with Crippen LogP contribution in [0.3, 0.4) is 0 Å². The average Bonchev–Trinajstić information content (AvgIpc) is 2.53. The van der Waals surface area contributed by atoms with Crippen LogP contribution in [0.25, 0.3) is 16.7 Å². The lowest BCUT2D eigenvalue weighted by Gasteiger charge is -1.95. The number of imidazole rings is 1. The molecule has 3 rings (SSSR count). The fraction of sp³-hybridized carbons (Fsp3) is 0. The Morgan fingerprint density at radius 3 is 2.93 bits per heavy atom. The van der Waals surface area contributed by atoms with E-state index in [1.807, 2.05) is 40.9 Å². The number of fused-ring (bicyclic) bond motifs is 3. The Morgan fingerprint density at radius 2 is 2.07 bits per heavy atom. The molecule has 2 heterocycles. The molecule has 0 aliphatic heterocycles. The van der Waals surface area contributed by atoms with Crippen molar-refractivity contribution in [1.82, 2.24) is 9.38 Å². The van der Waals surface area contributed by atoms with Crippen LogP contribution >= 0.6 is 27.5 Å². The highest BCUT2D eigenvalue weighted by molar-refractivity contribution is 9.10. The first kappa shape index (κ1) is 9.19. The molecule has 2 aromatic heterocycles. The molecule has 1 aromatic carbocycles.